The minimum atomic E-state index is -1.59. The van der Waals surface area contributed by atoms with Gasteiger partial charge in [-0.05, 0) is 68.8 Å². The lowest BCUT2D eigenvalue weighted by atomic mass is 10.2. The van der Waals surface area contributed by atoms with Crippen molar-refractivity contribution in [2.45, 2.75) is 39.4 Å². The summed E-state index contributed by atoms with van der Waals surface area (Å²) in [6.07, 6.45) is 0.504. The zero-order chi connectivity index (χ0) is 19.4. The molecular weight excluding hydrogens is 350 g/mol. The van der Waals surface area contributed by atoms with E-state index in [1.807, 2.05) is 26.0 Å². The molecule has 0 spiro atoms. The number of amides is 1. The Balaban J connectivity index is 2.25. The Hall–Kier alpha value is -1.93. The number of rotatable bonds is 12. The van der Waals surface area contributed by atoms with Crippen LogP contribution < -0.4 is 10.2 Å². The van der Waals surface area contributed by atoms with Crippen molar-refractivity contribution in [2.75, 3.05) is 37.7 Å². The monoisotopic (exact) mass is 381 g/mol. The minimum Gasteiger partial charge on any atom is -0.448 e. The first-order chi connectivity index (χ1) is 12.4. The largest absolute Gasteiger partial charge is 0.448 e. The first kappa shape index (κ1) is 22.1. The summed E-state index contributed by atoms with van der Waals surface area (Å²) in [5.41, 5.74) is 1.36. The lowest BCUT2D eigenvalue weighted by Crippen LogP contribution is -2.33. The first-order valence-corrected chi connectivity index (χ1v) is 12.3. The Morgan fingerprint density at radius 1 is 1.23 bits per heavy atom. The zero-order valence-corrected chi connectivity index (χ0v) is 17.3. The summed E-state index contributed by atoms with van der Waals surface area (Å²) in [7, 11) is -1.59. The van der Waals surface area contributed by atoms with E-state index in [4.69, 9.17) is 9.16 Å². The highest BCUT2D eigenvalue weighted by molar-refractivity contribution is 6.71. The normalized spacial score (nSPS) is 11.1. The predicted octanol–water partition coefficient (Wildman–Crippen LogP) is 4.27. The quantitative estimate of drug-likeness (QED) is 0.332. The van der Waals surface area contributed by atoms with Crippen LogP contribution in [0.1, 0.15) is 20.3 Å². The molecule has 0 atom stereocenters. The highest BCUT2D eigenvalue weighted by Crippen LogP contribution is 2.19. The third-order valence-electron chi connectivity index (χ3n) is 4.06. The molecule has 1 N–H and O–H groups in total. The van der Waals surface area contributed by atoms with Crippen LogP contribution in [0.25, 0.3) is 0 Å². The molecule has 1 rings (SSSR count). The van der Waals surface area contributed by atoms with E-state index >= 15 is 0 Å². The molecule has 0 aliphatic carbocycles. The number of hydrogen-bond acceptors (Lipinski definition) is 6. The molecule has 0 unspecified atom stereocenters. The van der Waals surface area contributed by atoms with E-state index in [0.717, 1.165) is 31.3 Å². The number of likely N-dealkylation sites (N-methyl/N-ethyl adjacent to an activating group) is 1. The number of carbonyl (C=O) groups is 1. The van der Waals surface area contributed by atoms with Gasteiger partial charge in [-0.25, -0.2) is 4.79 Å². The number of hydrogen-bond donors (Lipinski definition) is 1. The lowest BCUT2D eigenvalue weighted by molar-refractivity contribution is 0.149. The summed E-state index contributed by atoms with van der Waals surface area (Å²) in [5, 5.41) is 5.68. The molecule has 0 radical (unpaired) electrons. The smallest absolute Gasteiger partial charge is 0.407 e. The van der Waals surface area contributed by atoms with Crippen LogP contribution in [-0.2, 0) is 9.16 Å². The van der Waals surface area contributed by atoms with Gasteiger partial charge in [-0.15, -0.1) is 4.91 Å². The van der Waals surface area contributed by atoms with E-state index in [1.165, 1.54) is 0 Å². The second-order valence-corrected chi connectivity index (χ2v) is 10.9. The van der Waals surface area contributed by atoms with Crippen LogP contribution >= 0.6 is 0 Å². The summed E-state index contributed by atoms with van der Waals surface area (Å²) in [4.78, 5) is 24.3. The van der Waals surface area contributed by atoms with Crippen molar-refractivity contribution in [1.82, 2.24) is 5.32 Å². The molecule has 0 aliphatic rings. The number of benzene rings is 1. The van der Waals surface area contributed by atoms with E-state index in [1.54, 1.807) is 12.1 Å². The predicted molar refractivity (Wildman–Crippen MR) is 108 cm³/mol. The Morgan fingerprint density at radius 2 is 1.92 bits per heavy atom. The molecule has 1 aromatic rings. The fraction of sp³-hybridized carbons (Fsp3) is 0.611. The molecule has 0 aromatic heterocycles. The number of anilines is 1. The van der Waals surface area contributed by atoms with Crippen LogP contribution in [0.5, 0.6) is 0 Å². The molecular formula is C18H31N3O4Si. The van der Waals surface area contributed by atoms with Gasteiger partial charge in [-0.2, -0.15) is 0 Å². The van der Waals surface area contributed by atoms with Crippen LogP contribution in [0.4, 0.5) is 16.2 Å². The van der Waals surface area contributed by atoms with E-state index in [2.05, 4.69) is 28.5 Å². The third-order valence-corrected chi connectivity index (χ3v) is 6.68. The van der Waals surface area contributed by atoms with E-state index in [0.29, 0.717) is 25.4 Å². The van der Waals surface area contributed by atoms with Crippen LogP contribution in [0.15, 0.2) is 29.4 Å². The highest BCUT2D eigenvalue weighted by atomic mass is 28.4. The van der Waals surface area contributed by atoms with Gasteiger partial charge >= 0.3 is 6.09 Å². The Kier molecular flexibility index (Phi) is 9.90. The van der Waals surface area contributed by atoms with Gasteiger partial charge in [0.15, 0.2) is 8.32 Å². The Labute approximate surface area is 157 Å². The molecule has 1 amide bonds. The van der Waals surface area contributed by atoms with Crippen molar-refractivity contribution in [3.05, 3.63) is 29.2 Å². The maximum Gasteiger partial charge on any atom is 0.407 e. The SMILES string of the molecule is CCO[Si](C)(C)CCCNC(=O)OCCN(CC)c1ccc(N=O)cc1. The molecule has 0 saturated carbocycles. The van der Waals surface area contributed by atoms with Crippen LogP contribution in [0, 0.1) is 4.91 Å². The summed E-state index contributed by atoms with van der Waals surface area (Å²) in [6.45, 7) is 11.4. The molecule has 0 heterocycles. The lowest BCUT2D eigenvalue weighted by Gasteiger charge is -2.23. The Bertz CT molecular complexity index is 552. The van der Waals surface area contributed by atoms with Crippen molar-refractivity contribution < 1.29 is 14.0 Å². The van der Waals surface area contributed by atoms with Gasteiger partial charge in [0.25, 0.3) is 0 Å². The van der Waals surface area contributed by atoms with Gasteiger partial charge in [-0.3, -0.25) is 0 Å². The summed E-state index contributed by atoms with van der Waals surface area (Å²) in [6, 6.07) is 8.03. The number of nitrogens with one attached hydrogen (secondary N) is 1. The van der Waals surface area contributed by atoms with Gasteiger partial charge in [0.1, 0.15) is 12.3 Å². The fourth-order valence-electron chi connectivity index (χ4n) is 2.66. The van der Waals surface area contributed by atoms with E-state index in [-0.39, 0.29) is 0 Å². The van der Waals surface area contributed by atoms with Crippen molar-refractivity contribution in [3.8, 4) is 0 Å². The number of nitroso groups, excluding NO2 is 1. The minimum absolute atomic E-state index is 0.298. The maximum atomic E-state index is 11.8. The second kappa shape index (κ2) is 11.6. The maximum absolute atomic E-state index is 11.8. The van der Waals surface area contributed by atoms with E-state index in [9.17, 15) is 9.70 Å². The average molecular weight is 382 g/mol. The summed E-state index contributed by atoms with van der Waals surface area (Å²) in [5.74, 6) is 0. The van der Waals surface area contributed by atoms with Gasteiger partial charge in [-0.1, -0.05) is 0 Å². The zero-order valence-electron chi connectivity index (χ0n) is 16.3. The molecule has 26 heavy (non-hydrogen) atoms. The first-order valence-electron chi connectivity index (χ1n) is 9.14. The molecule has 0 bridgehead atoms. The molecule has 0 fully saturated rings. The second-order valence-electron chi connectivity index (χ2n) is 6.55. The van der Waals surface area contributed by atoms with Crippen LogP contribution in [0.2, 0.25) is 19.1 Å². The molecule has 7 nitrogen and oxygen atoms in total. The highest BCUT2D eigenvalue weighted by Gasteiger charge is 2.20. The van der Waals surface area contributed by atoms with Crippen molar-refractivity contribution in [2.24, 2.45) is 5.18 Å². The fourth-order valence-corrected chi connectivity index (χ4v) is 4.62. The summed E-state index contributed by atoms with van der Waals surface area (Å²) >= 11 is 0. The van der Waals surface area contributed by atoms with Gasteiger partial charge in [0.05, 0.1) is 6.54 Å². The topological polar surface area (TPSA) is 80.2 Å². The Morgan fingerprint density at radius 3 is 2.50 bits per heavy atom. The van der Waals surface area contributed by atoms with Crippen molar-refractivity contribution in [3.63, 3.8) is 0 Å². The van der Waals surface area contributed by atoms with Crippen LogP contribution in [-0.4, -0.2) is 47.3 Å². The number of nitrogens with zero attached hydrogens (tertiary/aromatic N) is 2. The molecule has 0 saturated heterocycles. The number of carbonyl (C=O) groups excluding carboxylic acids is 1. The molecule has 146 valence electrons. The van der Waals surface area contributed by atoms with Crippen LogP contribution in [0.3, 0.4) is 0 Å². The number of ether oxygens (including phenoxy) is 1. The summed E-state index contributed by atoms with van der Waals surface area (Å²) < 4.78 is 11.0. The number of alkyl carbamates (subject to hydrolysis) is 1. The average Bonchev–Trinajstić information content (AvgIpc) is 2.62. The van der Waals surface area contributed by atoms with Crippen molar-refractivity contribution in [1.29, 1.82) is 0 Å². The van der Waals surface area contributed by atoms with E-state index < -0.39 is 14.4 Å². The van der Waals surface area contributed by atoms with Gasteiger partial charge in [0, 0.05) is 25.4 Å². The van der Waals surface area contributed by atoms with Gasteiger partial charge < -0.3 is 19.4 Å². The molecule has 0 aliphatic heterocycles. The van der Waals surface area contributed by atoms with Crippen molar-refractivity contribution >= 4 is 25.8 Å². The molecule has 1 aromatic carbocycles. The standard InChI is InChI=1S/C18H31N3O4Si/c1-5-21(17-10-8-16(20-23)9-11-17)13-14-24-18(22)19-12-7-15-26(3,4)25-6-2/h8-11H,5-7,12-15H2,1-4H3,(H,19,22). The molecule has 8 heteroatoms. The van der Waals surface area contributed by atoms with Gasteiger partial charge in [0.2, 0.25) is 0 Å². The third kappa shape index (κ3) is 8.44.